The zero-order valence-electron chi connectivity index (χ0n) is 10.2. The largest absolute Gasteiger partial charge is 0.302 e. The maximum atomic E-state index is 4.45. The summed E-state index contributed by atoms with van der Waals surface area (Å²) in [6, 6.07) is 8.78. The molecule has 0 heterocycles. The Bertz CT molecular complexity index is 358. The highest BCUT2D eigenvalue weighted by Crippen LogP contribution is 2.46. The van der Waals surface area contributed by atoms with Crippen molar-refractivity contribution in [2.45, 2.75) is 26.3 Å². The summed E-state index contributed by atoms with van der Waals surface area (Å²) >= 11 is 4.45. The van der Waals surface area contributed by atoms with Crippen LogP contribution in [0.5, 0.6) is 0 Å². The Morgan fingerprint density at radius 1 is 1.38 bits per heavy atom. The monoisotopic (exact) mass is 235 g/mol. The van der Waals surface area contributed by atoms with E-state index >= 15 is 0 Å². The molecule has 0 radical (unpaired) electrons. The molecular weight excluding hydrogens is 214 g/mol. The molecule has 2 heteroatoms. The van der Waals surface area contributed by atoms with Gasteiger partial charge in [-0.25, -0.2) is 0 Å². The summed E-state index contributed by atoms with van der Waals surface area (Å²) in [6.45, 7) is 4.39. The molecule has 0 saturated heterocycles. The smallest absolute Gasteiger partial charge is 0.0231 e. The first-order valence-corrected chi connectivity index (χ1v) is 6.62. The molecule has 1 aromatic rings. The lowest BCUT2D eigenvalue weighted by Gasteiger charge is -2.22. The highest BCUT2D eigenvalue weighted by Gasteiger charge is 2.41. The maximum Gasteiger partial charge on any atom is 0.0231 e. The standard InChI is InChI=1S/C14H21NS/c1-12-4-3-5-13(8-12)9-15(2)10-14(11-16)6-7-14/h3-5,8,16H,6-7,9-11H2,1-2H3. The molecule has 0 spiro atoms. The van der Waals surface area contributed by atoms with Gasteiger partial charge >= 0.3 is 0 Å². The van der Waals surface area contributed by atoms with E-state index in [2.05, 4.69) is 55.8 Å². The number of aryl methyl sites for hydroxylation is 1. The van der Waals surface area contributed by atoms with Crippen LogP contribution in [0, 0.1) is 12.3 Å². The van der Waals surface area contributed by atoms with Crippen molar-refractivity contribution in [3.63, 3.8) is 0 Å². The zero-order chi connectivity index (χ0) is 11.6. The molecule has 0 unspecified atom stereocenters. The van der Waals surface area contributed by atoms with Gasteiger partial charge in [-0.3, -0.25) is 0 Å². The van der Waals surface area contributed by atoms with Crippen LogP contribution in [0.1, 0.15) is 24.0 Å². The van der Waals surface area contributed by atoms with Gasteiger partial charge in [0.15, 0.2) is 0 Å². The van der Waals surface area contributed by atoms with Gasteiger partial charge in [-0.15, -0.1) is 0 Å². The van der Waals surface area contributed by atoms with Crippen LogP contribution in [0.3, 0.4) is 0 Å². The van der Waals surface area contributed by atoms with E-state index in [0.29, 0.717) is 5.41 Å². The van der Waals surface area contributed by atoms with E-state index in [1.165, 1.54) is 30.5 Å². The van der Waals surface area contributed by atoms with Crippen molar-refractivity contribution in [2.75, 3.05) is 19.3 Å². The SMILES string of the molecule is Cc1cccc(CN(C)CC2(CS)CC2)c1. The average molecular weight is 235 g/mol. The molecule has 0 atom stereocenters. The number of rotatable bonds is 5. The maximum absolute atomic E-state index is 4.45. The molecule has 1 nitrogen and oxygen atoms in total. The van der Waals surface area contributed by atoms with Crippen LogP contribution in [-0.4, -0.2) is 24.2 Å². The van der Waals surface area contributed by atoms with Crippen LogP contribution in [-0.2, 0) is 6.54 Å². The summed E-state index contributed by atoms with van der Waals surface area (Å²) in [5.41, 5.74) is 3.29. The van der Waals surface area contributed by atoms with Crippen LogP contribution >= 0.6 is 12.6 Å². The number of thiol groups is 1. The fourth-order valence-electron chi connectivity index (χ4n) is 2.29. The Hall–Kier alpha value is -0.470. The molecule has 1 saturated carbocycles. The van der Waals surface area contributed by atoms with E-state index in [4.69, 9.17) is 0 Å². The number of benzene rings is 1. The first kappa shape index (κ1) is 12.0. The van der Waals surface area contributed by atoms with Gasteiger partial charge in [0, 0.05) is 13.1 Å². The average Bonchev–Trinajstić information content (AvgIpc) is 2.98. The zero-order valence-corrected chi connectivity index (χ0v) is 11.1. The molecule has 0 aliphatic heterocycles. The van der Waals surface area contributed by atoms with Crippen molar-refractivity contribution in [2.24, 2.45) is 5.41 Å². The molecular formula is C14H21NS. The van der Waals surface area contributed by atoms with E-state index in [-0.39, 0.29) is 0 Å². The van der Waals surface area contributed by atoms with Crippen molar-refractivity contribution in [1.29, 1.82) is 0 Å². The van der Waals surface area contributed by atoms with Crippen molar-refractivity contribution in [3.05, 3.63) is 35.4 Å². The quantitative estimate of drug-likeness (QED) is 0.767. The van der Waals surface area contributed by atoms with Gasteiger partial charge in [0.2, 0.25) is 0 Å². The second-order valence-corrected chi connectivity index (χ2v) is 5.64. The second-order valence-electron chi connectivity index (χ2n) is 5.32. The lowest BCUT2D eigenvalue weighted by Crippen LogP contribution is -2.27. The Kier molecular flexibility index (Phi) is 3.60. The van der Waals surface area contributed by atoms with E-state index in [0.717, 1.165) is 12.3 Å². The number of hydrogen-bond acceptors (Lipinski definition) is 2. The van der Waals surface area contributed by atoms with Crippen LogP contribution in [0.15, 0.2) is 24.3 Å². The van der Waals surface area contributed by atoms with Gasteiger partial charge in [-0.1, -0.05) is 29.8 Å². The molecule has 16 heavy (non-hydrogen) atoms. The molecule has 88 valence electrons. The summed E-state index contributed by atoms with van der Waals surface area (Å²) in [5.74, 6) is 1.03. The third-order valence-electron chi connectivity index (χ3n) is 3.43. The molecule has 0 bridgehead atoms. The lowest BCUT2D eigenvalue weighted by molar-refractivity contribution is 0.270. The van der Waals surface area contributed by atoms with Crippen molar-refractivity contribution in [3.8, 4) is 0 Å². The molecule has 0 N–H and O–H groups in total. The minimum Gasteiger partial charge on any atom is -0.302 e. The first-order valence-electron chi connectivity index (χ1n) is 5.99. The predicted molar refractivity (Wildman–Crippen MR) is 73.0 cm³/mol. The molecule has 1 fully saturated rings. The minimum atomic E-state index is 0.529. The van der Waals surface area contributed by atoms with Crippen molar-refractivity contribution in [1.82, 2.24) is 4.90 Å². The third kappa shape index (κ3) is 3.02. The Balaban J connectivity index is 1.89. The summed E-state index contributed by atoms with van der Waals surface area (Å²) in [7, 11) is 2.21. The van der Waals surface area contributed by atoms with Crippen LogP contribution < -0.4 is 0 Å². The normalized spacial score (nSPS) is 17.8. The molecule has 1 aromatic carbocycles. The summed E-state index contributed by atoms with van der Waals surface area (Å²) in [4.78, 5) is 2.43. The number of nitrogens with zero attached hydrogens (tertiary/aromatic N) is 1. The number of hydrogen-bond donors (Lipinski definition) is 1. The fourth-order valence-corrected chi connectivity index (χ4v) is 2.71. The van der Waals surface area contributed by atoms with E-state index in [1.54, 1.807) is 0 Å². The third-order valence-corrected chi connectivity index (χ3v) is 4.10. The van der Waals surface area contributed by atoms with Gasteiger partial charge in [0.05, 0.1) is 0 Å². The Labute approximate surface area is 104 Å². The van der Waals surface area contributed by atoms with Gasteiger partial charge in [0.25, 0.3) is 0 Å². The summed E-state index contributed by atoms with van der Waals surface area (Å²) in [6.07, 6.45) is 2.71. The predicted octanol–water partition coefficient (Wildman–Crippen LogP) is 3.14. The van der Waals surface area contributed by atoms with Gasteiger partial charge in [0.1, 0.15) is 0 Å². The molecule has 2 rings (SSSR count). The molecule has 1 aliphatic carbocycles. The first-order chi connectivity index (χ1) is 7.63. The second kappa shape index (κ2) is 4.80. The van der Waals surface area contributed by atoms with Crippen molar-refractivity contribution >= 4 is 12.6 Å². The Morgan fingerprint density at radius 3 is 2.69 bits per heavy atom. The fraction of sp³-hybridized carbons (Fsp3) is 0.571. The van der Waals surface area contributed by atoms with Crippen LogP contribution in [0.25, 0.3) is 0 Å². The van der Waals surface area contributed by atoms with Gasteiger partial charge in [-0.05, 0) is 43.5 Å². The van der Waals surface area contributed by atoms with Crippen molar-refractivity contribution < 1.29 is 0 Å². The topological polar surface area (TPSA) is 3.24 Å². The Morgan fingerprint density at radius 2 is 2.12 bits per heavy atom. The van der Waals surface area contributed by atoms with E-state index in [9.17, 15) is 0 Å². The molecule has 0 amide bonds. The molecule has 0 aromatic heterocycles. The minimum absolute atomic E-state index is 0.529. The lowest BCUT2D eigenvalue weighted by atomic mass is 10.1. The summed E-state index contributed by atoms with van der Waals surface area (Å²) < 4.78 is 0. The molecule has 1 aliphatic rings. The van der Waals surface area contributed by atoms with Crippen LogP contribution in [0.4, 0.5) is 0 Å². The van der Waals surface area contributed by atoms with Crippen LogP contribution in [0.2, 0.25) is 0 Å². The van der Waals surface area contributed by atoms with E-state index in [1.807, 2.05) is 0 Å². The summed E-state index contributed by atoms with van der Waals surface area (Å²) in [5, 5.41) is 0. The van der Waals surface area contributed by atoms with E-state index < -0.39 is 0 Å². The van der Waals surface area contributed by atoms with Gasteiger partial charge in [-0.2, -0.15) is 12.6 Å². The highest BCUT2D eigenvalue weighted by atomic mass is 32.1. The highest BCUT2D eigenvalue weighted by molar-refractivity contribution is 7.80. The van der Waals surface area contributed by atoms with Gasteiger partial charge < -0.3 is 4.90 Å².